The van der Waals surface area contributed by atoms with Gasteiger partial charge >= 0.3 is 0 Å². The molecule has 9 rings (SSSR count). The van der Waals surface area contributed by atoms with E-state index in [-0.39, 0.29) is 35.5 Å². The molecule has 0 aliphatic carbocycles. The van der Waals surface area contributed by atoms with Crippen molar-refractivity contribution in [3.63, 3.8) is 0 Å². The van der Waals surface area contributed by atoms with E-state index in [2.05, 4.69) is 36.7 Å². The SMILES string of the molecule is [C-]#[N+]c1ccc(N2CC3(CCN(c4cnc(N5CCC(N6CC(Oc7ccc8c(c7)C(=O)N(C7CCC(=O)NC7=O)C8=O)C6)CC5)cn4)CC3)C[C@@H]2C)cc1Cl. The van der Waals surface area contributed by atoms with Crippen molar-refractivity contribution in [2.75, 3.05) is 60.5 Å². The molecule has 1 spiro atoms. The molecule has 0 saturated carbocycles. The normalized spacial score (nSPS) is 24.4. The number of halogens is 1. The minimum Gasteiger partial charge on any atom is -0.488 e. The van der Waals surface area contributed by atoms with E-state index in [0.29, 0.717) is 28.5 Å². The van der Waals surface area contributed by atoms with Gasteiger partial charge in [0, 0.05) is 75.0 Å². The molecule has 2 aromatic carbocycles. The monoisotopic (exact) mass is 777 g/mol. The topological polar surface area (TPSA) is 136 Å². The molecule has 0 bridgehead atoms. The molecule has 6 aliphatic heterocycles. The van der Waals surface area contributed by atoms with E-state index in [1.54, 1.807) is 18.2 Å². The number of amides is 4. The number of imide groups is 2. The van der Waals surface area contributed by atoms with Crippen molar-refractivity contribution >= 4 is 58.2 Å². The fourth-order valence-corrected chi connectivity index (χ4v) is 9.88. The Bertz CT molecular complexity index is 2120. The summed E-state index contributed by atoms with van der Waals surface area (Å²) < 4.78 is 6.22. The lowest BCUT2D eigenvalue weighted by atomic mass is 9.77. The Kier molecular flexibility index (Phi) is 9.32. The molecule has 0 radical (unpaired) electrons. The number of rotatable bonds is 7. The molecule has 56 heavy (non-hydrogen) atoms. The van der Waals surface area contributed by atoms with Crippen LogP contribution in [0.25, 0.3) is 4.85 Å². The van der Waals surface area contributed by atoms with Crippen molar-refractivity contribution < 1.29 is 23.9 Å². The van der Waals surface area contributed by atoms with E-state index in [9.17, 15) is 19.2 Å². The highest BCUT2D eigenvalue weighted by Gasteiger charge is 2.46. The molecule has 15 heteroatoms. The van der Waals surface area contributed by atoms with E-state index in [4.69, 9.17) is 32.9 Å². The van der Waals surface area contributed by atoms with Crippen LogP contribution in [0.3, 0.4) is 0 Å². The van der Waals surface area contributed by atoms with Crippen molar-refractivity contribution in [3.8, 4) is 5.75 Å². The van der Waals surface area contributed by atoms with Crippen LogP contribution in [0.5, 0.6) is 5.75 Å². The second-order valence-corrected chi connectivity index (χ2v) is 16.6. The third-order valence-corrected chi connectivity index (χ3v) is 13.1. The van der Waals surface area contributed by atoms with E-state index in [1.165, 1.54) is 0 Å². The van der Waals surface area contributed by atoms with Gasteiger partial charge in [-0.1, -0.05) is 17.7 Å². The number of piperidine rings is 3. The highest BCUT2D eigenvalue weighted by Crippen LogP contribution is 2.46. The lowest BCUT2D eigenvalue weighted by Gasteiger charge is -2.46. The van der Waals surface area contributed by atoms with Gasteiger partial charge in [0.15, 0.2) is 0 Å². The van der Waals surface area contributed by atoms with E-state index in [1.807, 2.05) is 30.6 Å². The molecule has 1 unspecified atom stereocenters. The van der Waals surface area contributed by atoms with Crippen LogP contribution in [0.15, 0.2) is 48.8 Å². The number of hydrogen-bond donors (Lipinski definition) is 1. The maximum Gasteiger partial charge on any atom is 0.262 e. The first-order valence-electron chi connectivity index (χ1n) is 19.6. The van der Waals surface area contributed by atoms with Gasteiger partial charge in [0.05, 0.1) is 30.1 Å². The second kappa shape index (κ2) is 14.4. The quantitative estimate of drug-likeness (QED) is 0.264. The average Bonchev–Trinajstić information content (AvgIpc) is 3.64. The van der Waals surface area contributed by atoms with Crippen molar-refractivity contribution in [1.82, 2.24) is 25.1 Å². The third-order valence-electron chi connectivity index (χ3n) is 12.8. The standard InChI is InChI=1S/C41H44ClN9O5/c1-25-19-41(24-50(25)27-3-6-33(43-2)32(42)17-27)11-15-48(16-12-41)36-21-44-35(20-45-36)47-13-9-26(10-14-47)49-22-29(23-49)56-28-4-5-30-31(18-28)40(55)51(39(30)54)34-7-8-37(52)46-38(34)53/h3-6,17-18,20-21,25-26,29,34H,7-16,19,22-24H2,1H3,(H,46,52,53)/t25-,34?/m0/s1. The molecule has 1 N–H and O–H groups in total. The average molecular weight is 778 g/mol. The number of likely N-dealkylation sites (tertiary alicyclic amines) is 1. The van der Waals surface area contributed by atoms with Gasteiger partial charge < -0.3 is 19.4 Å². The summed E-state index contributed by atoms with van der Waals surface area (Å²) in [5.41, 5.74) is 2.32. The van der Waals surface area contributed by atoms with Crippen molar-refractivity contribution in [1.29, 1.82) is 0 Å². The van der Waals surface area contributed by atoms with Gasteiger partial charge in [-0.2, -0.15) is 0 Å². The van der Waals surface area contributed by atoms with Gasteiger partial charge in [-0.05, 0) is 81.2 Å². The highest BCUT2D eigenvalue weighted by atomic mass is 35.5. The first-order chi connectivity index (χ1) is 27.1. The van der Waals surface area contributed by atoms with Gasteiger partial charge in [-0.25, -0.2) is 14.8 Å². The Morgan fingerprint density at radius 2 is 1.59 bits per heavy atom. The summed E-state index contributed by atoms with van der Waals surface area (Å²) in [6, 6.07) is 10.5. The minimum atomic E-state index is -0.991. The van der Waals surface area contributed by atoms with Gasteiger partial charge in [-0.3, -0.25) is 34.3 Å². The zero-order valence-corrected chi connectivity index (χ0v) is 32.1. The lowest BCUT2D eigenvalue weighted by Crippen LogP contribution is -2.59. The molecular weight excluding hydrogens is 734 g/mol. The summed E-state index contributed by atoms with van der Waals surface area (Å²) >= 11 is 6.38. The molecule has 5 fully saturated rings. The van der Waals surface area contributed by atoms with Crippen LogP contribution in [0.1, 0.15) is 72.6 Å². The zero-order chi connectivity index (χ0) is 38.7. The molecule has 7 heterocycles. The van der Waals surface area contributed by atoms with Crippen LogP contribution in [0.4, 0.5) is 23.0 Å². The lowest BCUT2D eigenvalue weighted by molar-refractivity contribution is -0.136. The Hall–Kier alpha value is -5.26. The number of carbonyl (C=O) groups excluding carboxylic acids is 4. The molecular formula is C41H44ClN9O5. The van der Waals surface area contributed by atoms with Gasteiger partial charge in [-0.15, -0.1) is 0 Å². The van der Waals surface area contributed by atoms with Crippen LogP contribution in [0.2, 0.25) is 5.02 Å². The predicted octanol–water partition coefficient (Wildman–Crippen LogP) is 4.70. The molecule has 290 valence electrons. The Balaban J connectivity index is 0.726. The van der Waals surface area contributed by atoms with Crippen LogP contribution in [0, 0.1) is 12.0 Å². The number of aromatic nitrogens is 2. The zero-order valence-electron chi connectivity index (χ0n) is 31.3. The van der Waals surface area contributed by atoms with Gasteiger partial charge in [0.2, 0.25) is 17.5 Å². The first-order valence-corrected chi connectivity index (χ1v) is 20.0. The Morgan fingerprint density at radius 1 is 0.893 bits per heavy atom. The summed E-state index contributed by atoms with van der Waals surface area (Å²) in [5, 5.41) is 2.74. The van der Waals surface area contributed by atoms with E-state index >= 15 is 0 Å². The Labute approximate surface area is 330 Å². The fourth-order valence-electron chi connectivity index (χ4n) is 9.66. The van der Waals surface area contributed by atoms with Crippen molar-refractivity contribution in [2.45, 2.75) is 76.1 Å². The number of hydrogen-bond acceptors (Lipinski definition) is 11. The Morgan fingerprint density at radius 3 is 2.25 bits per heavy atom. The number of nitrogens with one attached hydrogen (secondary N) is 1. The first kappa shape index (κ1) is 36.4. The number of benzene rings is 2. The maximum absolute atomic E-state index is 13.2. The summed E-state index contributed by atoms with van der Waals surface area (Å²) in [5.74, 6) is 0.280. The van der Waals surface area contributed by atoms with Gasteiger partial charge in [0.1, 0.15) is 29.5 Å². The molecule has 4 amide bonds. The maximum atomic E-state index is 13.2. The van der Waals surface area contributed by atoms with E-state index < -0.39 is 29.7 Å². The molecule has 14 nitrogen and oxygen atoms in total. The minimum absolute atomic E-state index is 0.0221. The van der Waals surface area contributed by atoms with Crippen LogP contribution in [-0.4, -0.2) is 113 Å². The predicted molar refractivity (Wildman–Crippen MR) is 209 cm³/mol. The smallest absolute Gasteiger partial charge is 0.262 e. The molecule has 3 aromatic rings. The van der Waals surface area contributed by atoms with Gasteiger partial charge in [0.25, 0.3) is 11.8 Å². The van der Waals surface area contributed by atoms with Crippen LogP contribution >= 0.6 is 11.6 Å². The van der Waals surface area contributed by atoms with Crippen LogP contribution in [-0.2, 0) is 9.59 Å². The number of fused-ring (bicyclic) bond motifs is 1. The highest BCUT2D eigenvalue weighted by molar-refractivity contribution is 6.33. The number of anilines is 3. The fraction of sp³-hybridized carbons (Fsp3) is 0.488. The number of ether oxygens (including phenoxy) is 1. The number of nitrogens with zero attached hydrogens (tertiary/aromatic N) is 8. The molecule has 2 atom stereocenters. The molecule has 1 aromatic heterocycles. The summed E-state index contributed by atoms with van der Waals surface area (Å²) in [7, 11) is 0. The molecule has 6 aliphatic rings. The second-order valence-electron chi connectivity index (χ2n) is 16.2. The largest absolute Gasteiger partial charge is 0.488 e. The third kappa shape index (κ3) is 6.60. The van der Waals surface area contributed by atoms with E-state index in [0.717, 1.165) is 100 Å². The molecule has 5 saturated heterocycles. The summed E-state index contributed by atoms with van der Waals surface area (Å²) in [6.45, 7) is 15.9. The summed E-state index contributed by atoms with van der Waals surface area (Å²) in [6.07, 6.45) is 9.39. The van der Waals surface area contributed by atoms with Crippen LogP contribution < -0.4 is 24.8 Å². The number of carbonyl (C=O) groups is 4. The van der Waals surface area contributed by atoms with Crippen molar-refractivity contribution in [3.05, 3.63) is 76.4 Å². The summed E-state index contributed by atoms with van der Waals surface area (Å²) in [4.78, 5) is 74.0. The van der Waals surface area contributed by atoms with Crippen molar-refractivity contribution in [2.24, 2.45) is 5.41 Å².